The van der Waals surface area contributed by atoms with Crippen LogP contribution in [-0.4, -0.2) is 23.0 Å². The smallest absolute Gasteiger partial charge is 0.0498 e. The summed E-state index contributed by atoms with van der Waals surface area (Å²) in [5, 5.41) is 0. The number of benzene rings is 1. The summed E-state index contributed by atoms with van der Waals surface area (Å²) >= 11 is 0. The minimum Gasteiger partial charge on any atom is -0.326 e. The van der Waals surface area contributed by atoms with E-state index < -0.39 is 0 Å². The number of aromatic nitrogens is 1. The molecule has 0 aliphatic heterocycles. The van der Waals surface area contributed by atoms with E-state index in [0.717, 1.165) is 6.54 Å². The first-order valence-corrected chi connectivity index (χ1v) is 7.00. The van der Waals surface area contributed by atoms with E-state index in [1.165, 1.54) is 16.7 Å². The van der Waals surface area contributed by atoms with Crippen LogP contribution in [0.25, 0.3) is 0 Å². The lowest BCUT2D eigenvalue weighted by Gasteiger charge is -2.31. The van der Waals surface area contributed by atoms with Crippen LogP contribution in [0.1, 0.15) is 29.7 Å². The SMILES string of the molecule is Cc1ccccc1CN(C)C(c1ccncc1)C(C)N. The van der Waals surface area contributed by atoms with E-state index in [-0.39, 0.29) is 12.1 Å². The maximum atomic E-state index is 6.20. The first kappa shape index (κ1) is 14.7. The zero-order valence-electron chi connectivity index (χ0n) is 12.5. The summed E-state index contributed by atoms with van der Waals surface area (Å²) in [6.07, 6.45) is 3.65. The lowest BCUT2D eigenvalue weighted by Crippen LogP contribution is -2.37. The Morgan fingerprint density at radius 1 is 1.15 bits per heavy atom. The van der Waals surface area contributed by atoms with Gasteiger partial charge in [0.2, 0.25) is 0 Å². The van der Waals surface area contributed by atoms with E-state index in [9.17, 15) is 0 Å². The molecule has 3 nitrogen and oxygen atoms in total. The molecule has 0 aliphatic rings. The number of nitrogens with two attached hydrogens (primary N) is 1. The summed E-state index contributed by atoms with van der Waals surface area (Å²) in [5.74, 6) is 0. The molecule has 0 radical (unpaired) electrons. The van der Waals surface area contributed by atoms with Gasteiger partial charge < -0.3 is 5.73 Å². The minimum atomic E-state index is 0.0615. The van der Waals surface area contributed by atoms with Crippen molar-refractivity contribution < 1.29 is 0 Å². The number of aryl methyl sites for hydroxylation is 1. The zero-order valence-corrected chi connectivity index (χ0v) is 12.5. The number of pyridine rings is 1. The van der Waals surface area contributed by atoms with Crippen LogP contribution >= 0.6 is 0 Å². The van der Waals surface area contributed by atoms with Gasteiger partial charge in [-0.3, -0.25) is 9.88 Å². The summed E-state index contributed by atoms with van der Waals surface area (Å²) in [7, 11) is 2.13. The Bertz CT molecular complexity index is 537. The lowest BCUT2D eigenvalue weighted by atomic mass is 9.99. The molecule has 0 fully saturated rings. The van der Waals surface area contributed by atoms with Gasteiger partial charge in [0.15, 0.2) is 0 Å². The summed E-state index contributed by atoms with van der Waals surface area (Å²) in [4.78, 5) is 6.39. The van der Waals surface area contributed by atoms with Crippen LogP contribution in [0, 0.1) is 6.92 Å². The van der Waals surface area contributed by atoms with Gasteiger partial charge >= 0.3 is 0 Å². The van der Waals surface area contributed by atoms with Gasteiger partial charge in [-0.25, -0.2) is 0 Å². The summed E-state index contributed by atoms with van der Waals surface area (Å²) < 4.78 is 0. The molecular weight excluding hydrogens is 246 g/mol. The molecule has 106 valence electrons. The highest BCUT2D eigenvalue weighted by molar-refractivity contribution is 5.26. The molecule has 0 spiro atoms. The molecule has 0 aliphatic carbocycles. The molecule has 3 heteroatoms. The zero-order chi connectivity index (χ0) is 14.5. The third kappa shape index (κ3) is 3.44. The molecule has 0 bridgehead atoms. The van der Waals surface area contributed by atoms with Crippen molar-refractivity contribution in [2.45, 2.75) is 32.5 Å². The number of rotatable bonds is 5. The largest absolute Gasteiger partial charge is 0.326 e. The van der Waals surface area contributed by atoms with Crippen molar-refractivity contribution in [3.8, 4) is 0 Å². The molecule has 2 atom stereocenters. The molecule has 2 aromatic rings. The molecule has 2 N–H and O–H groups in total. The van der Waals surface area contributed by atoms with Crippen molar-refractivity contribution in [3.63, 3.8) is 0 Å². The highest BCUT2D eigenvalue weighted by atomic mass is 15.1. The van der Waals surface area contributed by atoms with Crippen LogP contribution in [0.15, 0.2) is 48.8 Å². The van der Waals surface area contributed by atoms with Crippen molar-refractivity contribution in [3.05, 3.63) is 65.5 Å². The van der Waals surface area contributed by atoms with Gasteiger partial charge in [-0.05, 0) is 49.7 Å². The molecule has 0 saturated carbocycles. The highest BCUT2D eigenvalue weighted by Crippen LogP contribution is 2.24. The fraction of sp³-hybridized carbons (Fsp3) is 0.353. The average Bonchev–Trinajstić information content (AvgIpc) is 2.42. The summed E-state index contributed by atoms with van der Waals surface area (Å²) in [6, 6.07) is 12.8. The van der Waals surface area contributed by atoms with Crippen molar-refractivity contribution in [2.24, 2.45) is 5.73 Å². The van der Waals surface area contributed by atoms with Crippen molar-refractivity contribution in [1.82, 2.24) is 9.88 Å². The lowest BCUT2D eigenvalue weighted by molar-refractivity contribution is 0.210. The van der Waals surface area contributed by atoms with Gasteiger partial charge in [-0.15, -0.1) is 0 Å². The van der Waals surface area contributed by atoms with Crippen LogP contribution in [-0.2, 0) is 6.54 Å². The predicted octanol–water partition coefficient (Wildman–Crippen LogP) is 2.91. The Morgan fingerprint density at radius 3 is 2.40 bits per heavy atom. The monoisotopic (exact) mass is 269 g/mol. The maximum Gasteiger partial charge on any atom is 0.0498 e. The standard InChI is InChI=1S/C17H23N3/c1-13-6-4-5-7-16(13)12-20(3)17(14(2)18)15-8-10-19-11-9-15/h4-11,14,17H,12,18H2,1-3H3. The van der Waals surface area contributed by atoms with Gasteiger partial charge in [-0.1, -0.05) is 24.3 Å². The predicted molar refractivity (Wildman–Crippen MR) is 83.3 cm³/mol. The van der Waals surface area contributed by atoms with Crippen LogP contribution < -0.4 is 5.73 Å². The molecule has 20 heavy (non-hydrogen) atoms. The van der Waals surface area contributed by atoms with Gasteiger partial charge in [0.25, 0.3) is 0 Å². The highest BCUT2D eigenvalue weighted by Gasteiger charge is 2.21. The second-order valence-corrected chi connectivity index (χ2v) is 5.43. The van der Waals surface area contributed by atoms with E-state index in [1.807, 2.05) is 24.5 Å². The first-order chi connectivity index (χ1) is 9.59. The topological polar surface area (TPSA) is 42.2 Å². The quantitative estimate of drug-likeness (QED) is 0.907. The van der Waals surface area contributed by atoms with E-state index in [0.29, 0.717) is 0 Å². The molecule has 2 unspecified atom stereocenters. The molecule has 1 heterocycles. The molecule has 1 aromatic carbocycles. The molecule has 0 amide bonds. The van der Waals surface area contributed by atoms with Crippen molar-refractivity contribution in [1.29, 1.82) is 0 Å². The average molecular weight is 269 g/mol. The molecule has 2 rings (SSSR count). The van der Waals surface area contributed by atoms with Crippen LogP contribution in [0.4, 0.5) is 0 Å². The summed E-state index contributed by atoms with van der Waals surface area (Å²) in [5.41, 5.74) is 10.1. The van der Waals surface area contributed by atoms with E-state index >= 15 is 0 Å². The number of likely N-dealkylation sites (N-methyl/N-ethyl adjacent to an activating group) is 1. The van der Waals surface area contributed by atoms with Crippen LogP contribution in [0.5, 0.6) is 0 Å². The second kappa shape index (κ2) is 6.64. The van der Waals surface area contributed by atoms with E-state index in [4.69, 9.17) is 5.73 Å². The Morgan fingerprint density at radius 2 is 1.80 bits per heavy atom. The number of hydrogen-bond acceptors (Lipinski definition) is 3. The van der Waals surface area contributed by atoms with Gasteiger partial charge in [0.1, 0.15) is 0 Å². The number of hydrogen-bond donors (Lipinski definition) is 1. The first-order valence-electron chi connectivity index (χ1n) is 7.00. The normalized spacial score (nSPS) is 14.2. The van der Waals surface area contributed by atoms with Gasteiger partial charge in [0.05, 0.1) is 0 Å². The third-order valence-electron chi connectivity index (χ3n) is 3.70. The Balaban J connectivity index is 2.20. The van der Waals surface area contributed by atoms with Gasteiger partial charge in [0, 0.05) is 31.0 Å². The Kier molecular flexibility index (Phi) is 4.88. The van der Waals surface area contributed by atoms with Crippen LogP contribution in [0.2, 0.25) is 0 Å². The molecule has 0 saturated heterocycles. The molecular formula is C17H23N3. The minimum absolute atomic E-state index is 0.0615. The Labute approximate surface area is 121 Å². The third-order valence-corrected chi connectivity index (χ3v) is 3.70. The maximum absolute atomic E-state index is 6.20. The second-order valence-electron chi connectivity index (χ2n) is 5.43. The van der Waals surface area contributed by atoms with Crippen LogP contribution in [0.3, 0.4) is 0 Å². The van der Waals surface area contributed by atoms with Crippen molar-refractivity contribution >= 4 is 0 Å². The van der Waals surface area contributed by atoms with Crippen molar-refractivity contribution in [2.75, 3.05) is 7.05 Å². The fourth-order valence-corrected chi connectivity index (χ4v) is 2.67. The summed E-state index contributed by atoms with van der Waals surface area (Å²) in [6.45, 7) is 5.09. The fourth-order valence-electron chi connectivity index (χ4n) is 2.67. The van der Waals surface area contributed by atoms with E-state index in [1.54, 1.807) is 0 Å². The Hall–Kier alpha value is -1.71. The molecule has 1 aromatic heterocycles. The number of nitrogens with zero attached hydrogens (tertiary/aromatic N) is 2. The van der Waals surface area contributed by atoms with Gasteiger partial charge in [-0.2, -0.15) is 0 Å². The van der Waals surface area contributed by atoms with E-state index in [2.05, 4.69) is 55.0 Å².